The van der Waals surface area contributed by atoms with Crippen LogP contribution in [0.25, 0.3) is 0 Å². The van der Waals surface area contributed by atoms with Crippen molar-refractivity contribution in [3.05, 3.63) is 28.7 Å². The highest BCUT2D eigenvalue weighted by Gasteiger charge is 2.01. The Bertz CT molecular complexity index is 381. The van der Waals surface area contributed by atoms with Crippen molar-refractivity contribution in [2.45, 2.75) is 32.1 Å². The lowest BCUT2D eigenvalue weighted by Gasteiger charge is -2.07. The molecule has 0 spiro atoms. The van der Waals surface area contributed by atoms with Gasteiger partial charge in [0, 0.05) is 17.6 Å². The zero-order valence-electron chi connectivity index (χ0n) is 11.6. The van der Waals surface area contributed by atoms with Gasteiger partial charge in [-0.3, -0.25) is 4.79 Å². The second kappa shape index (κ2) is 10.7. The van der Waals surface area contributed by atoms with Crippen LogP contribution in [0.2, 0.25) is 0 Å². The molecule has 0 radical (unpaired) electrons. The number of halogens is 1. The molecule has 5 heteroatoms. The summed E-state index contributed by atoms with van der Waals surface area (Å²) in [6.45, 7) is 1.33. The molecule has 1 rings (SSSR count). The van der Waals surface area contributed by atoms with Gasteiger partial charge in [-0.2, -0.15) is 0 Å². The number of unbranched alkanes of at least 4 members (excludes halogenated alkanes) is 3. The van der Waals surface area contributed by atoms with E-state index in [1.807, 2.05) is 24.3 Å². The van der Waals surface area contributed by atoms with Crippen LogP contribution in [-0.4, -0.2) is 30.8 Å². The van der Waals surface area contributed by atoms with E-state index < -0.39 is 0 Å². The van der Waals surface area contributed by atoms with Crippen LogP contribution >= 0.6 is 15.9 Å². The summed E-state index contributed by atoms with van der Waals surface area (Å²) in [5, 5.41) is 11.5. The fourth-order valence-corrected chi connectivity index (χ4v) is 1.96. The number of hydrogen-bond acceptors (Lipinski definition) is 3. The van der Waals surface area contributed by atoms with Crippen molar-refractivity contribution in [2.75, 3.05) is 19.8 Å². The molecule has 1 aromatic rings. The minimum absolute atomic E-state index is 0.0178. The molecule has 1 aromatic carbocycles. The van der Waals surface area contributed by atoms with Gasteiger partial charge in [0.05, 0.1) is 13.0 Å². The molecule has 2 N–H and O–H groups in total. The van der Waals surface area contributed by atoms with Gasteiger partial charge in [0.2, 0.25) is 5.91 Å². The quantitative estimate of drug-likeness (QED) is 0.642. The standard InChI is InChI=1S/C15H22BrNO3/c16-13-5-7-14(8-6-13)20-12-9-15(19)17-10-3-1-2-4-11-18/h5-8,18H,1-4,9-12H2,(H,17,19). The number of carbonyl (C=O) groups is 1. The monoisotopic (exact) mass is 343 g/mol. The van der Waals surface area contributed by atoms with E-state index in [4.69, 9.17) is 9.84 Å². The number of hydrogen-bond donors (Lipinski definition) is 2. The summed E-state index contributed by atoms with van der Waals surface area (Å²) < 4.78 is 6.49. The number of benzene rings is 1. The summed E-state index contributed by atoms with van der Waals surface area (Å²) in [6, 6.07) is 7.54. The van der Waals surface area contributed by atoms with Gasteiger partial charge in [-0.25, -0.2) is 0 Å². The largest absolute Gasteiger partial charge is 0.493 e. The van der Waals surface area contributed by atoms with E-state index >= 15 is 0 Å². The Labute approximate surface area is 128 Å². The second-order valence-electron chi connectivity index (χ2n) is 4.54. The zero-order chi connectivity index (χ0) is 14.6. The molecule has 0 saturated heterocycles. The molecule has 0 unspecified atom stereocenters. The minimum Gasteiger partial charge on any atom is -0.493 e. The Morgan fingerprint density at radius 2 is 1.85 bits per heavy atom. The lowest BCUT2D eigenvalue weighted by Crippen LogP contribution is -2.25. The number of aliphatic hydroxyl groups excluding tert-OH is 1. The predicted molar refractivity (Wildman–Crippen MR) is 82.8 cm³/mol. The van der Waals surface area contributed by atoms with Crippen LogP contribution in [0.1, 0.15) is 32.1 Å². The molecular formula is C15H22BrNO3. The van der Waals surface area contributed by atoms with Crippen LogP contribution in [-0.2, 0) is 4.79 Å². The molecule has 1 amide bonds. The summed E-state index contributed by atoms with van der Waals surface area (Å²) >= 11 is 3.35. The molecule has 0 saturated carbocycles. The normalized spacial score (nSPS) is 10.3. The number of carbonyl (C=O) groups excluding carboxylic acids is 1. The Hall–Kier alpha value is -1.07. The summed E-state index contributed by atoms with van der Waals surface area (Å²) in [6.07, 6.45) is 4.22. The highest BCUT2D eigenvalue weighted by molar-refractivity contribution is 9.10. The highest BCUT2D eigenvalue weighted by Crippen LogP contribution is 2.16. The van der Waals surface area contributed by atoms with Crippen LogP contribution < -0.4 is 10.1 Å². The average Bonchev–Trinajstić information content (AvgIpc) is 2.45. The van der Waals surface area contributed by atoms with Crippen molar-refractivity contribution in [3.8, 4) is 5.75 Å². The van der Waals surface area contributed by atoms with Gasteiger partial charge < -0.3 is 15.2 Å². The minimum atomic E-state index is 0.0178. The van der Waals surface area contributed by atoms with Crippen LogP contribution in [0.3, 0.4) is 0 Å². The van der Waals surface area contributed by atoms with Crippen molar-refractivity contribution in [2.24, 2.45) is 0 Å². The number of amides is 1. The van der Waals surface area contributed by atoms with E-state index in [2.05, 4.69) is 21.2 Å². The van der Waals surface area contributed by atoms with Gasteiger partial charge in [0.15, 0.2) is 0 Å². The number of nitrogens with one attached hydrogen (secondary N) is 1. The molecule has 112 valence electrons. The van der Waals surface area contributed by atoms with Crippen LogP contribution in [0.4, 0.5) is 0 Å². The van der Waals surface area contributed by atoms with Gasteiger partial charge in [-0.1, -0.05) is 28.8 Å². The zero-order valence-corrected chi connectivity index (χ0v) is 13.2. The van der Waals surface area contributed by atoms with Gasteiger partial charge in [0.25, 0.3) is 0 Å². The molecule has 0 atom stereocenters. The summed E-state index contributed by atoms with van der Waals surface area (Å²) in [5.41, 5.74) is 0. The average molecular weight is 344 g/mol. The third kappa shape index (κ3) is 8.17. The lowest BCUT2D eigenvalue weighted by atomic mass is 10.2. The van der Waals surface area contributed by atoms with E-state index in [0.717, 1.165) is 35.9 Å². The Balaban J connectivity index is 2.01. The summed E-state index contributed by atoms with van der Waals surface area (Å²) in [4.78, 5) is 11.5. The van der Waals surface area contributed by atoms with Crippen molar-refractivity contribution < 1.29 is 14.6 Å². The Morgan fingerprint density at radius 1 is 1.15 bits per heavy atom. The molecule has 0 aliphatic heterocycles. The van der Waals surface area contributed by atoms with Gasteiger partial charge in [-0.05, 0) is 37.1 Å². The first-order valence-corrected chi connectivity index (χ1v) is 7.77. The molecule has 20 heavy (non-hydrogen) atoms. The van der Waals surface area contributed by atoms with Crippen molar-refractivity contribution >= 4 is 21.8 Å². The van der Waals surface area contributed by atoms with Crippen LogP contribution in [0, 0.1) is 0 Å². The van der Waals surface area contributed by atoms with E-state index in [1.54, 1.807) is 0 Å². The van der Waals surface area contributed by atoms with Gasteiger partial charge >= 0.3 is 0 Å². The first-order valence-electron chi connectivity index (χ1n) is 6.98. The molecule has 0 aliphatic rings. The number of ether oxygens (including phenoxy) is 1. The van der Waals surface area contributed by atoms with Crippen molar-refractivity contribution in [1.82, 2.24) is 5.32 Å². The Kier molecular flexibility index (Phi) is 9.07. The first kappa shape index (κ1) is 17.0. The van der Waals surface area contributed by atoms with E-state index in [-0.39, 0.29) is 12.5 Å². The number of aliphatic hydroxyl groups is 1. The summed E-state index contributed by atoms with van der Waals surface area (Å²) in [5.74, 6) is 0.786. The fourth-order valence-electron chi connectivity index (χ4n) is 1.70. The maximum atomic E-state index is 11.5. The predicted octanol–water partition coefficient (Wildman–Crippen LogP) is 2.89. The van der Waals surface area contributed by atoms with E-state index in [9.17, 15) is 4.79 Å². The van der Waals surface area contributed by atoms with Crippen LogP contribution in [0.5, 0.6) is 5.75 Å². The Morgan fingerprint density at radius 3 is 2.55 bits per heavy atom. The second-order valence-corrected chi connectivity index (χ2v) is 5.46. The van der Waals surface area contributed by atoms with Gasteiger partial charge in [-0.15, -0.1) is 0 Å². The summed E-state index contributed by atoms with van der Waals surface area (Å²) in [7, 11) is 0. The van der Waals surface area contributed by atoms with Crippen molar-refractivity contribution in [3.63, 3.8) is 0 Å². The fraction of sp³-hybridized carbons (Fsp3) is 0.533. The van der Waals surface area contributed by atoms with Crippen LogP contribution in [0.15, 0.2) is 28.7 Å². The molecular weight excluding hydrogens is 322 g/mol. The molecule has 0 aliphatic carbocycles. The lowest BCUT2D eigenvalue weighted by molar-refractivity contribution is -0.121. The number of rotatable bonds is 10. The van der Waals surface area contributed by atoms with Crippen molar-refractivity contribution in [1.29, 1.82) is 0 Å². The first-order chi connectivity index (χ1) is 9.72. The molecule has 0 aromatic heterocycles. The van der Waals surface area contributed by atoms with E-state index in [1.165, 1.54) is 0 Å². The third-order valence-corrected chi connectivity index (χ3v) is 3.35. The molecule has 0 bridgehead atoms. The smallest absolute Gasteiger partial charge is 0.223 e. The molecule has 0 fully saturated rings. The maximum absolute atomic E-state index is 11.5. The molecule has 4 nitrogen and oxygen atoms in total. The SMILES string of the molecule is O=C(CCOc1ccc(Br)cc1)NCCCCCCO. The van der Waals surface area contributed by atoms with Gasteiger partial charge in [0.1, 0.15) is 5.75 Å². The highest BCUT2D eigenvalue weighted by atomic mass is 79.9. The topological polar surface area (TPSA) is 58.6 Å². The third-order valence-electron chi connectivity index (χ3n) is 2.82. The molecule has 0 heterocycles. The maximum Gasteiger partial charge on any atom is 0.223 e. The van der Waals surface area contributed by atoms with E-state index in [0.29, 0.717) is 19.6 Å².